The van der Waals surface area contributed by atoms with Crippen molar-refractivity contribution in [2.45, 2.75) is 46.3 Å². The van der Waals surface area contributed by atoms with Gasteiger partial charge in [0.1, 0.15) is 23.9 Å². The lowest BCUT2D eigenvalue weighted by molar-refractivity contribution is -0.140. The lowest BCUT2D eigenvalue weighted by Gasteiger charge is -2.27. The number of nitrogens with zero attached hydrogens (tertiary/aromatic N) is 2. The highest BCUT2D eigenvalue weighted by molar-refractivity contribution is 6.46. The standard InChI is InChI=1S/C30H38N2O5/c1-6-20-36-24-14-12-23(13-15-24)28(33)26-27(22-10-16-25(17-11-22)37-21(4)5)32(30(35)29(26)34)19-9-18-31(7-2)8-3/h6,10-17,21,27,33H,1,7-9,18-20H2,2-5H3/t27-/m1/s1. The van der Waals surface area contributed by atoms with Crippen LogP contribution < -0.4 is 9.47 Å². The number of benzene rings is 2. The van der Waals surface area contributed by atoms with Gasteiger partial charge in [-0.1, -0.05) is 38.6 Å². The summed E-state index contributed by atoms with van der Waals surface area (Å²) in [6.45, 7) is 15.2. The largest absolute Gasteiger partial charge is 0.507 e. The van der Waals surface area contributed by atoms with Crippen molar-refractivity contribution in [1.29, 1.82) is 0 Å². The smallest absolute Gasteiger partial charge is 0.295 e. The second-order valence-corrected chi connectivity index (χ2v) is 9.23. The summed E-state index contributed by atoms with van der Waals surface area (Å²) < 4.78 is 11.3. The van der Waals surface area contributed by atoms with Crippen LogP contribution in [0.4, 0.5) is 0 Å². The van der Waals surface area contributed by atoms with Crippen LogP contribution in [0.25, 0.3) is 5.76 Å². The highest BCUT2D eigenvalue weighted by Crippen LogP contribution is 2.40. The van der Waals surface area contributed by atoms with Gasteiger partial charge < -0.3 is 24.4 Å². The summed E-state index contributed by atoms with van der Waals surface area (Å²) in [5.74, 6) is -0.162. The van der Waals surface area contributed by atoms with E-state index in [4.69, 9.17) is 9.47 Å². The molecule has 1 fully saturated rings. The number of likely N-dealkylation sites (tertiary alicyclic amines) is 1. The van der Waals surface area contributed by atoms with Gasteiger partial charge >= 0.3 is 0 Å². The van der Waals surface area contributed by atoms with Gasteiger partial charge in [0.2, 0.25) is 0 Å². The van der Waals surface area contributed by atoms with Crippen molar-refractivity contribution in [1.82, 2.24) is 9.80 Å². The Morgan fingerprint density at radius 2 is 1.68 bits per heavy atom. The van der Waals surface area contributed by atoms with E-state index in [0.29, 0.717) is 30.2 Å². The fraction of sp³-hybridized carbons (Fsp3) is 0.400. The Labute approximate surface area is 220 Å². The predicted molar refractivity (Wildman–Crippen MR) is 146 cm³/mol. The first-order valence-electron chi connectivity index (χ1n) is 12.9. The molecular weight excluding hydrogens is 468 g/mol. The summed E-state index contributed by atoms with van der Waals surface area (Å²) in [4.78, 5) is 30.3. The first-order chi connectivity index (χ1) is 17.8. The molecule has 7 nitrogen and oxygen atoms in total. The van der Waals surface area contributed by atoms with E-state index >= 15 is 0 Å². The number of aliphatic hydroxyl groups is 1. The zero-order valence-corrected chi connectivity index (χ0v) is 22.3. The van der Waals surface area contributed by atoms with Gasteiger partial charge in [-0.25, -0.2) is 0 Å². The monoisotopic (exact) mass is 506 g/mol. The number of hydrogen-bond acceptors (Lipinski definition) is 6. The fourth-order valence-electron chi connectivity index (χ4n) is 4.48. The number of Topliss-reactive ketones (excluding diaryl/α,β-unsaturated/α-hetero) is 1. The molecule has 7 heteroatoms. The molecule has 0 aliphatic carbocycles. The number of amides is 1. The Kier molecular flexibility index (Phi) is 9.92. The normalized spacial score (nSPS) is 17.0. The number of hydrogen-bond donors (Lipinski definition) is 1. The van der Waals surface area contributed by atoms with Crippen LogP contribution in [-0.2, 0) is 9.59 Å². The molecule has 3 rings (SSSR count). The zero-order valence-electron chi connectivity index (χ0n) is 22.3. The molecule has 2 aromatic carbocycles. The molecular formula is C30H38N2O5. The quantitative estimate of drug-likeness (QED) is 0.174. The number of ketones is 1. The SMILES string of the molecule is C=CCOc1ccc(C(O)=C2C(=O)C(=O)N(CCCN(CC)CC)[C@@H]2c2ccc(OC(C)C)cc2)cc1. The van der Waals surface area contributed by atoms with Crippen molar-refractivity contribution >= 4 is 17.4 Å². The van der Waals surface area contributed by atoms with Gasteiger partial charge in [-0.05, 0) is 81.9 Å². The van der Waals surface area contributed by atoms with Gasteiger partial charge in [-0.3, -0.25) is 9.59 Å². The molecule has 0 saturated carbocycles. The Morgan fingerprint density at radius 1 is 1.05 bits per heavy atom. The Morgan fingerprint density at radius 3 is 2.24 bits per heavy atom. The Hall–Kier alpha value is -3.58. The van der Waals surface area contributed by atoms with E-state index in [2.05, 4.69) is 25.3 Å². The van der Waals surface area contributed by atoms with Crippen molar-refractivity contribution in [2.24, 2.45) is 0 Å². The molecule has 1 atom stereocenters. The molecule has 2 aromatic rings. The third-order valence-corrected chi connectivity index (χ3v) is 6.37. The van der Waals surface area contributed by atoms with Gasteiger partial charge in [0, 0.05) is 12.1 Å². The van der Waals surface area contributed by atoms with Crippen molar-refractivity contribution in [3.63, 3.8) is 0 Å². The average molecular weight is 507 g/mol. The number of aliphatic hydroxyl groups excluding tert-OH is 1. The highest BCUT2D eigenvalue weighted by atomic mass is 16.5. The summed E-state index contributed by atoms with van der Waals surface area (Å²) in [6.07, 6.45) is 2.39. The highest BCUT2D eigenvalue weighted by Gasteiger charge is 2.45. The molecule has 1 amide bonds. The van der Waals surface area contributed by atoms with Crippen molar-refractivity contribution < 1.29 is 24.2 Å². The molecule has 0 unspecified atom stereocenters. The number of ether oxygens (including phenoxy) is 2. The second-order valence-electron chi connectivity index (χ2n) is 9.23. The van der Waals surface area contributed by atoms with E-state index in [1.807, 2.05) is 38.1 Å². The summed E-state index contributed by atoms with van der Waals surface area (Å²) >= 11 is 0. The molecule has 1 saturated heterocycles. The molecule has 1 N–H and O–H groups in total. The number of rotatable bonds is 13. The molecule has 198 valence electrons. The predicted octanol–water partition coefficient (Wildman–Crippen LogP) is 5.19. The lowest BCUT2D eigenvalue weighted by Crippen LogP contribution is -2.33. The minimum atomic E-state index is -0.693. The molecule has 0 spiro atoms. The van der Waals surface area contributed by atoms with Crippen LogP contribution in [0.2, 0.25) is 0 Å². The van der Waals surface area contributed by atoms with Crippen LogP contribution in [0.5, 0.6) is 11.5 Å². The third kappa shape index (κ3) is 6.80. The lowest BCUT2D eigenvalue weighted by atomic mass is 9.95. The van der Waals surface area contributed by atoms with Gasteiger partial charge in [-0.15, -0.1) is 0 Å². The first kappa shape index (κ1) is 28.0. The van der Waals surface area contributed by atoms with Crippen molar-refractivity contribution in [2.75, 3.05) is 32.8 Å². The van der Waals surface area contributed by atoms with E-state index in [1.165, 1.54) is 0 Å². The molecule has 1 aliphatic heterocycles. The van der Waals surface area contributed by atoms with Crippen LogP contribution in [0.3, 0.4) is 0 Å². The topological polar surface area (TPSA) is 79.3 Å². The first-order valence-corrected chi connectivity index (χ1v) is 12.9. The summed E-state index contributed by atoms with van der Waals surface area (Å²) in [6, 6.07) is 13.5. The van der Waals surface area contributed by atoms with Crippen LogP contribution in [-0.4, -0.2) is 65.5 Å². The van der Waals surface area contributed by atoms with Crippen molar-refractivity contribution in [3.05, 3.63) is 77.9 Å². The summed E-state index contributed by atoms with van der Waals surface area (Å²) in [7, 11) is 0. The van der Waals surface area contributed by atoms with Gasteiger partial charge in [0.05, 0.1) is 17.7 Å². The maximum atomic E-state index is 13.3. The minimum Gasteiger partial charge on any atom is -0.507 e. The fourth-order valence-corrected chi connectivity index (χ4v) is 4.48. The number of carbonyl (C=O) groups is 2. The molecule has 0 bridgehead atoms. The molecule has 1 heterocycles. The maximum absolute atomic E-state index is 13.3. The minimum absolute atomic E-state index is 0.0231. The van der Waals surface area contributed by atoms with Crippen LogP contribution in [0.15, 0.2) is 66.8 Å². The second kappa shape index (κ2) is 13.1. The van der Waals surface area contributed by atoms with E-state index in [-0.39, 0.29) is 17.4 Å². The van der Waals surface area contributed by atoms with Crippen molar-refractivity contribution in [3.8, 4) is 11.5 Å². The Bertz CT molecular complexity index is 1100. The van der Waals surface area contributed by atoms with E-state index < -0.39 is 17.7 Å². The van der Waals surface area contributed by atoms with Crippen LogP contribution in [0, 0.1) is 0 Å². The van der Waals surface area contributed by atoms with E-state index in [1.54, 1.807) is 35.2 Å². The molecule has 0 aromatic heterocycles. The average Bonchev–Trinajstić information content (AvgIpc) is 3.15. The summed E-state index contributed by atoms with van der Waals surface area (Å²) in [5, 5.41) is 11.3. The summed E-state index contributed by atoms with van der Waals surface area (Å²) in [5.41, 5.74) is 1.27. The molecule has 0 radical (unpaired) electrons. The maximum Gasteiger partial charge on any atom is 0.295 e. The Balaban J connectivity index is 1.99. The molecule has 37 heavy (non-hydrogen) atoms. The molecule has 1 aliphatic rings. The van der Waals surface area contributed by atoms with Crippen LogP contribution >= 0.6 is 0 Å². The zero-order chi connectivity index (χ0) is 26.9. The van der Waals surface area contributed by atoms with E-state index in [9.17, 15) is 14.7 Å². The van der Waals surface area contributed by atoms with E-state index in [0.717, 1.165) is 31.6 Å². The van der Waals surface area contributed by atoms with Gasteiger partial charge in [0.15, 0.2) is 0 Å². The van der Waals surface area contributed by atoms with Gasteiger partial charge in [0.25, 0.3) is 11.7 Å². The third-order valence-electron chi connectivity index (χ3n) is 6.37. The number of carbonyl (C=O) groups excluding carboxylic acids is 2. The van der Waals surface area contributed by atoms with Gasteiger partial charge in [-0.2, -0.15) is 0 Å². The van der Waals surface area contributed by atoms with Crippen LogP contribution in [0.1, 0.15) is 51.3 Å².